The second-order valence-corrected chi connectivity index (χ2v) is 6.16. The molecule has 0 radical (unpaired) electrons. The van der Waals surface area contributed by atoms with E-state index in [-0.39, 0.29) is 11.2 Å². The first-order valence-corrected chi connectivity index (χ1v) is 8.10. The molecule has 1 unspecified atom stereocenters. The average Bonchev–Trinajstić information content (AvgIpc) is 3.16. The number of anilines is 1. The molecule has 1 atom stereocenters. The summed E-state index contributed by atoms with van der Waals surface area (Å²) in [5, 5.41) is 12.0. The summed E-state index contributed by atoms with van der Waals surface area (Å²) in [7, 11) is 1.61. The van der Waals surface area contributed by atoms with E-state index in [1.807, 2.05) is 24.3 Å². The van der Waals surface area contributed by atoms with Crippen LogP contribution in [0.25, 0.3) is 0 Å². The van der Waals surface area contributed by atoms with E-state index in [0.29, 0.717) is 24.0 Å². The highest BCUT2D eigenvalue weighted by Crippen LogP contribution is 2.35. The fourth-order valence-corrected chi connectivity index (χ4v) is 3.52. The molecule has 1 aromatic carbocycles. The summed E-state index contributed by atoms with van der Waals surface area (Å²) in [6.45, 7) is 4.85. The van der Waals surface area contributed by atoms with Gasteiger partial charge >= 0.3 is 0 Å². The van der Waals surface area contributed by atoms with Crippen molar-refractivity contribution in [2.75, 3.05) is 18.6 Å². The minimum absolute atomic E-state index is 0.0488. The minimum Gasteiger partial charge on any atom is -0.495 e. The molecule has 3 rings (SSSR count). The van der Waals surface area contributed by atoms with Crippen molar-refractivity contribution in [3.05, 3.63) is 36.9 Å². The molecule has 2 heterocycles. The van der Waals surface area contributed by atoms with Crippen LogP contribution in [0.4, 0.5) is 5.69 Å². The molecule has 2 aromatic rings. The number of hydrogen-bond donors (Lipinski definition) is 0. The van der Waals surface area contributed by atoms with Gasteiger partial charge in [0.15, 0.2) is 0 Å². The van der Waals surface area contributed by atoms with E-state index in [2.05, 4.69) is 22.1 Å². The number of amides is 1. The molecular weight excluding hydrogens is 314 g/mol. The lowest BCUT2D eigenvalue weighted by Gasteiger charge is -2.19. The van der Waals surface area contributed by atoms with Gasteiger partial charge < -0.3 is 9.64 Å². The number of thioether (sulfide) groups is 1. The smallest absolute Gasteiger partial charge is 0.240 e. The van der Waals surface area contributed by atoms with Crippen LogP contribution in [-0.2, 0) is 11.3 Å². The van der Waals surface area contributed by atoms with Gasteiger partial charge in [-0.2, -0.15) is 0 Å². The lowest BCUT2D eigenvalue weighted by Crippen LogP contribution is -2.28. The first-order valence-electron chi connectivity index (χ1n) is 7.22. The summed E-state index contributed by atoms with van der Waals surface area (Å²) in [5.74, 6) is 0.746. The van der Waals surface area contributed by atoms with Gasteiger partial charge in [-0.1, -0.05) is 30.0 Å². The van der Waals surface area contributed by atoms with Crippen molar-refractivity contribution in [3.63, 3.8) is 0 Å². The Morgan fingerprint density at radius 1 is 1.48 bits per heavy atom. The number of rotatable bonds is 6. The van der Waals surface area contributed by atoms with Crippen LogP contribution < -0.4 is 9.64 Å². The molecule has 0 spiro atoms. The van der Waals surface area contributed by atoms with E-state index >= 15 is 0 Å². The van der Waals surface area contributed by atoms with Crippen LogP contribution in [0, 0.1) is 0 Å². The Kier molecular flexibility index (Phi) is 4.61. The predicted octanol–water partition coefficient (Wildman–Crippen LogP) is 1.77. The number of ether oxygens (including phenoxy) is 1. The van der Waals surface area contributed by atoms with E-state index in [9.17, 15) is 4.79 Å². The maximum Gasteiger partial charge on any atom is 0.240 e. The van der Waals surface area contributed by atoms with Gasteiger partial charge in [0.05, 0.1) is 24.6 Å². The lowest BCUT2D eigenvalue weighted by molar-refractivity contribution is -0.116. The molecule has 120 valence electrons. The molecule has 1 amide bonds. The third-order valence-electron chi connectivity index (χ3n) is 3.58. The SMILES string of the molecule is C=CCn1nnnc1SC1CCN(c2ccccc2OC)C1=O. The van der Waals surface area contributed by atoms with Gasteiger partial charge in [0.25, 0.3) is 0 Å². The fourth-order valence-electron chi connectivity index (χ4n) is 2.50. The molecule has 23 heavy (non-hydrogen) atoms. The molecule has 1 aliphatic heterocycles. The van der Waals surface area contributed by atoms with Gasteiger partial charge in [0.1, 0.15) is 5.75 Å². The summed E-state index contributed by atoms with van der Waals surface area (Å²) in [4.78, 5) is 14.5. The quantitative estimate of drug-likeness (QED) is 0.751. The molecule has 1 aliphatic rings. The molecule has 0 aliphatic carbocycles. The molecule has 0 saturated carbocycles. The number of carbonyl (C=O) groups excluding carboxylic acids is 1. The van der Waals surface area contributed by atoms with Gasteiger partial charge in [-0.15, -0.1) is 11.7 Å². The highest BCUT2D eigenvalue weighted by atomic mass is 32.2. The number of hydrogen-bond acceptors (Lipinski definition) is 6. The van der Waals surface area contributed by atoms with E-state index in [4.69, 9.17) is 4.74 Å². The molecule has 0 N–H and O–H groups in total. The van der Waals surface area contributed by atoms with Gasteiger partial charge in [-0.05, 0) is 29.0 Å². The number of benzene rings is 1. The molecule has 1 aromatic heterocycles. The lowest BCUT2D eigenvalue weighted by atomic mass is 10.2. The monoisotopic (exact) mass is 331 g/mol. The number of tetrazole rings is 1. The predicted molar refractivity (Wildman–Crippen MR) is 87.6 cm³/mol. The second-order valence-electron chi connectivity index (χ2n) is 4.99. The van der Waals surface area contributed by atoms with Gasteiger partial charge in [0.2, 0.25) is 11.1 Å². The summed E-state index contributed by atoms with van der Waals surface area (Å²) < 4.78 is 6.99. The Morgan fingerprint density at radius 3 is 3.09 bits per heavy atom. The van der Waals surface area contributed by atoms with Crippen molar-refractivity contribution in [1.82, 2.24) is 20.2 Å². The summed E-state index contributed by atoms with van der Waals surface area (Å²) in [6.07, 6.45) is 2.46. The largest absolute Gasteiger partial charge is 0.495 e. The summed E-state index contributed by atoms with van der Waals surface area (Å²) in [6, 6.07) is 7.54. The number of carbonyl (C=O) groups is 1. The Hall–Kier alpha value is -2.35. The standard InChI is InChI=1S/C15H17N5O2S/c1-3-9-20-15(16-17-18-20)23-13-8-10-19(14(13)21)11-6-4-5-7-12(11)22-2/h3-7,13H,1,8-10H2,2H3. The first-order chi connectivity index (χ1) is 11.2. The topological polar surface area (TPSA) is 73.1 Å². The fraction of sp³-hybridized carbons (Fsp3) is 0.333. The Morgan fingerprint density at radius 2 is 2.30 bits per heavy atom. The normalized spacial score (nSPS) is 17.5. The molecule has 7 nitrogen and oxygen atoms in total. The third kappa shape index (κ3) is 3.07. The van der Waals surface area contributed by atoms with Crippen LogP contribution in [0.3, 0.4) is 0 Å². The maximum absolute atomic E-state index is 12.7. The Balaban J connectivity index is 1.76. The molecular formula is C15H17N5O2S. The molecule has 1 saturated heterocycles. The van der Waals surface area contributed by atoms with Gasteiger partial charge in [0, 0.05) is 6.54 Å². The van der Waals surface area contributed by atoms with Crippen molar-refractivity contribution in [1.29, 1.82) is 0 Å². The average molecular weight is 331 g/mol. The van der Waals surface area contributed by atoms with E-state index < -0.39 is 0 Å². The number of nitrogens with zero attached hydrogens (tertiary/aromatic N) is 5. The molecule has 1 fully saturated rings. The summed E-state index contributed by atoms with van der Waals surface area (Å²) >= 11 is 1.39. The highest BCUT2D eigenvalue weighted by molar-refractivity contribution is 8.00. The van der Waals surface area contributed by atoms with Crippen LogP contribution in [0.5, 0.6) is 5.75 Å². The zero-order chi connectivity index (χ0) is 16.2. The van der Waals surface area contributed by atoms with Gasteiger partial charge in [-0.25, -0.2) is 4.68 Å². The van der Waals surface area contributed by atoms with Crippen LogP contribution >= 0.6 is 11.8 Å². The van der Waals surface area contributed by atoms with E-state index in [1.165, 1.54) is 11.8 Å². The van der Waals surface area contributed by atoms with Crippen molar-refractivity contribution < 1.29 is 9.53 Å². The van der Waals surface area contributed by atoms with Crippen molar-refractivity contribution in [2.24, 2.45) is 0 Å². The third-order valence-corrected chi connectivity index (χ3v) is 4.81. The van der Waals surface area contributed by atoms with Crippen LogP contribution in [0.2, 0.25) is 0 Å². The van der Waals surface area contributed by atoms with Gasteiger partial charge in [-0.3, -0.25) is 4.79 Å². The highest BCUT2D eigenvalue weighted by Gasteiger charge is 2.35. The maximum atomic E-state index is 12.7. The second kappa shape index (κ2) is 6.82. The molecule has 8 heteroatoms. The Bertz CT molecular complexity index is 717. The zero-order valence-corrected chi connectivity index (χ0v) is 13.6. The number of methoxy groups -OCH3 is 1. The Labute approximate surface area is 138 Å². The number of allylic oxidation sites excluding steroid dienone is 1. The van der Waals surface area contributed by atoms with Crippen LogP contribution in [-0.4, -0.2) is 45.0 Å². The van der Waals surface area contributed by atoms with Crippen molar-refractivity contribution >= 4 is 23.4 Å². The van der Waals surface area contributed by atoms with E-state index in [0.717, 1.165) is 12.1 Å². The molecule has 0 bridgehead atoms. The number of aromatic nitrogens is 4. The van der Waals surface area contributed by atoms with Crippen LogP contribution in [0.15, 0.2) is 42.1 Å². The van der Waals surface area contributed by atoms with Crippen molar-refractivity contribution in [3.8, 4) is 5.75 Å². The zero-order valence-electron chi connectivity index (χ0n) is 12.8. The number of para-hydroxylation sites is 2. The van der Waals surface area contributed by atoms with Crippen molar-refractivity contribution in [2.45, 2.75) is 23.4 Å². The first kappa shape index (κ1) is 15.5. The summed E-state index contributed by atoms with van der Waals surface area (Å²) in [5.41, 5.74) is 0.800. The minimum atomic E-state index is -0.200. The van der Waals surface area contributed by atoms with Crippen LogP contribution in [0.1, 0.15) is 6.42 Å². The van der Waals surface area contributed by atoms with E-state index in [1.54, 1.807) is 22.8 Å².